The average Bonchev–Trinajstić information content (AvgIpc) is 3.05. The smallest absolute Gasteiger partial charge is 0.358 e. The van der Waals surface area contributed by atoms with Crippen molar-refractivity contribution in [1.29, 1.82) is 0 Å². The van der Waals surface area contributed by atoms with Crippen molar-refractivity contribution in [1.82, 2.24) is 15.0 Å². The lowest BCUT2D eigenvalue weighted by Crippen LogP contribution is -2.08. The zero-order valence-corrected chi connectivity index (χ0v) is 10.7. The first-order chi connectivity index (χ1) is 8.24. The van der Waals surface area contributed by atoms with E-state index in [1.807, 2.05) is 11.8 Å². The second-order valence-electron chi connectivity index (χ2n) is 4.18. The highest BCUT2D eigenvalue weighted by atomic mass is 32.2. The topological polar surface area (TPSA) is 68.0 Å². The fourth-order valence-corrected chi connectivity index (χ4v) is 2.48. The Morgan fingerprint density at radius 1 is 1.59 bits per heavy atom. The van der Waals surface area contributed by atoms with E-state index < -0.39 is 5.97 Å². The first kappa shape index (κ1) is 12.4. The van der Waals surface area contributed by atoms with Gasteiger partial charge in [0, 0.05) is 12.5 Å². The number of aryl methyl sites for hydroxylation is 1. The summed E-state index contributed by atoms with van der Waals surface area (Å²) in [7, 11) is 0. The van der Waals surface area contributed by atoms with Gasteiger partial charge in [-0.3, -0.25) is 0 Å². The molecule has 1 aliphatic carbocycles. The highest BCUT2D eigenvalue weighted by Crippen LogP contribution is 2.41. The highest BCUT2D eigenvalue weighted by molar-refractivity contribution is 7.99. The number of carboxylic acid groups (broad SMARTS) is 1. The van der Waals surface area contributed by atoms with Crippen molar-refractivity contribution in [2.24, 2.45) is 0 Å². The fourth-order valence-electron chi connectivity index (χ4n) is 1.86. The van der Waals surface area contributed by atoms with Crippen molar-refractivity contribution in [3.63, 3.8) is 0 Å². The maximum atomic E-state index is 11.0. The lowest BCUT2D eigenvalue weighted by Gasteiger charge is -2.05. The maximum Gasteiger partial charge on any atom is 0.358 e. The molecule has 5 nitrogen and oxygen atoms in total. The van der Waals surface area contributed by atoms with Crippen molar-refractivity contribution < 1.29 is 9.90 Å². The first-order valence-corrected chi connectivity index (χ1v) is 7.14. The lowest BCUT2D eigenvalue weighted by molar-refractivity contribution is 0.0689. The van der Waals surface area contributed by atoms with Crippen LogP contribution in [0.4, 0.5) is 0 Å². The molecule has 1 N–H and O–H groups in total. The van der Waals surface area contributed by atoms with Gasteiger partial charge >= 0.3 is 5.97 Å². The molecule has 1 aromatic rings. The zero-order valence-electron chi connectivity index (χ0n) is 9.93. The summed E-state index contributed by atoms with van der Waals surface area (Å²) in [6.45, 7) is 2.91. The number of aromatic nitrogens is 3. The summed E-state index contributed by atoms with van der Waals surface area (Å²) in [6, 6.07) is 0. The largest absolute Gasteiger partial charge is 0.476 e. The Balaban J connectivity index is 2.03. The van der Waals surface area contributed by atoms with Crippen LogP contribution in [0.1, 0.15) is 48.3 Å². The van der Waals surface area contributed by atoms with Gasteiger partial charge in [-0.05, 0) is 30.8 Å². The van der Waals surface area contributed by atoms with Crippen LogP contribution in [0, 0.1) is 0 Å². The van der Waals surface area contributed by atoms with Gasteiger partial charge in [0.2, 0.25) is 0 Å². The minimum atomic E-state index is -0.957. The monoisotopic (exact) mass is 255 g/mol. The molecule has 17 heavy (non-hydrogen) atoms. The molecule has 0 aromatic carbocycles. The lowest BCUT2D eigenvalue weighted by atomic mass is 10.2. The summed E-state index contributed by atoms with van der Waals surface area (Å²) < 4.78 is 1.79. The van der Waals surface area contributed by atoms with Gasteiger partial charge in [-0.15, -0.1) is 5.10 Å². The van der Waals surface area contributed by atoms with Crippen molar-refractivity contribution in [3.05, 3.63) is 11.4 Å². The molecule has 0 saturated heterocycles. The van der Waals surface area contributed by atoms with E-state index in [2.05, 4.69) is 17.2 Å². The van der Waals surface area contributed by atoms with Gasteiger partial charge in [0.25, 0.3) is 0 Å². The van der Waals surface area contributed by atoms with E-state index in [0.717, 1.165) is 43.0 Å². The molecule has 94 valence electrons. The van der Waals surface area contributed by atoms with Crippen LogP contribution in [0.5, 0.6) is 0 Å². The number of hydrogen-bond acceptors (Lipinski definition) is 4. The molecule has 1 saturated carbocycles. The van der Waals surface area contributed by atoms with Gasteiger partial charge in [-0.2, -0.15) is 11.8 Å². The molecule has 1 fully saturated rings. The Bertz CT molecular complexity index is 401. The van der Waals surface area contributed by atoms with Crippen molar-refractivity contribution in [2.45, 2.75) is 38.6 Å². The van der Waals surface area contributed by atoms with Crippen LogP contribution >= 0.6 is 11.8 Å². The Kier molecular flexibility index (Phi) is 4.04. The summed E-state index contributed by atoms with van der Waals surface area (Å²) in [4.78, 5) is 11.0. The van der Waals surface area contributed by atoms with Crippen LogP contribution in [0.25, 0.3) is 0 Å². The average molecular weight is 255 g/mol. The normalized spacial score (nSPS) is 15.1. The van der Waals surface area contributed by atoms with Gasteiger partial charge in [0.15, 0.2) is 5.69 Å². The standard InChI is InChI=1S/C11H17N3O2S/c1-2-17-7-3-6-14-10(8-4-5-8)9(11(15)16)12-13-14/h8H,2-7H2,1H3,(H,15,16). The van der Waals surface area contributed by atoms with Crippen LogP contribution < -0.4 is 0 Å². The summed E-state index contributed by atoms with van der Waals surface area (Å²) in [6.07, 6.45) is 3.15. The third-order valence-corrected chi connectivity index (χ3v) is 3.79. The quantitative estimate of drug-likeness (QED) is 0.755. The summed E-state index contributed by atoms with van der Waals surface area (Å²) in [5.41, 5.74) is 0.981. The number of aromatic carboxylic acids is 1. The van der Waals surface area contributed by atoms with Crippen molar-refractivity contribution >= 4 is 17.7 Å². The van der Waals surface area contributed by atoms with Gasteiger partial charge < -0.3 is 5.11 Å². The number of carboxylic acids is 1. The Morgan fingerprint density at radius 3 is 2.94 bits per heavy atom. The van der Waals surface area contributed by atoms with Crippen LogP contribution in [0.2, 0.25) is 0 Å². The molecular formula is C11H17N3O2S. The second-order valence-corrected chi connectivity index (χ2v) is 5.57. The molecule has 0 spiro atoms. The molecule has 0 aliphatic heterocycles. The highest BCUT2D eigenvalue weighted by Gasteiger charge is 2.33. The summed E-state index contributed by atoms with van der Waals surface area (Å²) in [5.74, 6) is 1.62. The van der Waals surface area contributed by atoms with Crippen LogP contribution in [-0.2, 0) is 6.54 Å². The number of carbonyl (C=O) groups is 1. The van der Waals surface area contributed by atoms with Crippen molar-refractivity contribution in [2.75, 3.05) is 11.5 Å². The molecule has 1 heterocycles. The Morgan fingerprint density at radius 2 is 2.35 bits per heavy atom. The number of nitrogens with zero attached hydrogens (tertiary/aromatic N) is 3. The minimum absolute atomic E-state index is 0.149. The van der Waals surface area contributed by atoms with Crippen molar-refractivity contribution in [3.8, 4) is 0 Å². The molecule has 1 aromatic heterocycles. The summed E-state index contributed by atoms with van der Waals surface area (Å²) >= 11 is 1.89. The molecule has 0 radical (unpaired) electrons. The number of thioether (sulfide) groups is 1. The second kappa shape index (κ2) is 5.53. The van der Waals surface area contributed by atoms with E-state index in [-0.39, 0.29) is 5.69 Å². The van der Waals surface area contributed by atoms with E-state index >= 15 is 0 Å². The molecule has 0 bridgehead atoms. The van der Waals surface area contributed by atoms with Gasteiger partial charge in [-0.25, -0.2) is 9.48 Å². The number of hydrogen-bond donors (Lipinski definition) is 1. The molecule has 0 amide bonds. The molecule has 0 atom stereocenters. The van der Waals surface area contributed by atoms with E-state index in [1.54, 1.807) is 4.68 Å². The fraction of sp³-hybridized carbons (Fsp3) is 0.727. The zero-order chi connectivity index (χ0) is 12.3. The van der Waals surface area contributed by atoms with Crippen LogP contribution in [-0.4, -0.2) is 37.6 Å². The molecule has 1 aliphatic rings. The Labute approximate surface area is 105 Å². The minimum Gasteiger partial charge on any atom is -0.476 e. The Hall–Kier alpha value is -1.04. The molecule has 2 rings (SSSR count). The van der Waals surface area contributed by atoms with Gasteiger partial charge in [0.1, 0.15) is 0 Å². The van der Waals surface area contributed by atoms with E-state index in [1.165, 1.54) is 0 Å². The SMILES string of the molecule is CCSCCCn1nnc(C(=O)O)c1C1CC1. The predicted octanol–water partition coefficient (Wildman–Crippen LogP) is 2.00. The summed E-state index contributed by atoms with van der Waals surface area (Å²) in [5, 5.41) is 16.8. The maximum absolute atomic E-state index is 11.0. The van der Waals surface area contributed by atoms with Crippen LogP contribution in [0.3, 0.4) is 0 Å². The number of rotatable bonds is 7. The first-order valence-electron chi connectivity index (χ1n) is 5.98. The molecule has 0 unspecified atom stereocenters. The van der Waals surface area contributed by atoms with Crippen LogP contribution in [0.15, 0.2) is 0 Å². The predicted molar refractivity (Wildman–Crippen MR) is 66.6 cm³/mol. The molecular weight excluding hydrogens is 238 g/mol. The van der Waals surface area contributed by atoms with Gasteiger partial charge in [-0.1, -0.05) is 12.1 Å². The molecule has 6 heteroatoms. The third kappa shape index (κ3) is 3.00. The van der Waals surface area contributed by atoms with E-state index in [0.29, 0.717) is 5.92 Å². The van der Waals surface area contributed by atoms with E-state index in [9.17, 15) is 4.79 Å². The van der Waals surface area contributed by atoms with E-state index in [4.69, 9.17) is 5.11 Å². The van der Waals surface area contributed by atoms with Gasteiger partial charge in [0.05, 0.1) is 5.69 Å². The third-order valence-electron chi connectivity index (χ3n) is 2.80.